The summed E-state index contributed by atoms with van der Waals surface area (Å²) in [4.78, 5) is 30.9. The first-order valence-corrected chi connectivity index (χ1v) is 10.9. The quantitative estimate of drug-likeness (QED) is 0.376. The standard InChI is InChI=1S/C24H28ClN5O3/c1-7-20(31)27-17-10-8-9-16(11-17)14-29(23(32)33-24(4,5)6)21-12-19(25)28-22-18(15(2)3)13-26-30(21)22/h7-13,15H,1,14H2,2-6H3,(H,27,31). The Hall–Kier alpha value is -3.39. The van der Waals surface area contributed by atoms with Crippen molar-refractivity contribution in [3.63, 3.8) is 0 Å². The van der Waals surface area contributed by atoms with E-state index in [0.717, 1.165) is 11.1 Å². The monoisotopic (exact) mass is 469 g/mol. The van der Waals surface area contributed by atoms with Gasteiger partial charge in [0.1, 0.15) is 16.6 Å². The van der Waals surface area contributed by atoms with Gasteiger partial charge in [-0.1, -0.05) is 44.2 Å². The molecule has 0 aliphatic heterocycles. The second kappa shape index (κ2) is 9.62. The molecule has 0 bridgehead atoms. The third-order valence-corrected chi connectivity index (χ3v) is 4.88. The number of aromatic nitrogens is 3. The summed E-state index contributed by atoms with van der Waals surface area (Å²) in [6.45, 7) is 13.1. The van der Waals surface area contributed by atoms with E-state index in [1.165, 1.54) is 11.0 Å². The van der Waals surface area contributed by atoms with Crippen molar-refractivity contribution >= 4 is 40.8 Å². The minimum Gasteiger partial charge on any atom is -0.443 e. The first-order valence-electron chi connectivity index (χ1n) is 10.6. The van der Waals surface area contributed by atoms with Crippen molar-refractivity contribution in [2.75, 3.05) is 10.2 Å². The second-order valence-electron chi connectivity index (χ2n) is 8.89. The lowest BCUT2D eigenvalue weighted by Crippen LogP contribution is -2.37. The molecule has 0 radical (unpaired) electrons. The number of hydrogen-bond donors (Lipinski definition) is 1. The minimum atomic E-state index is -0.710. The molecular formula is C24H28ClN5O3. The molecule has 174 valence electrons. The summed E-state index contributed by atoms with van der Waals surface area (Å²) in [6, 6.07) is 8.76. The molecule has 0 unspecified atom stereocenters. The Kier molecular flexibility index (Phi) is 7.07. The molecule has 1 aromatic carbocycles. The van der Waals surface area contributed by atoms with Crippen LogP contribution < -0.4 is 10.2 Å². The van der Waals surface area contributed by atoms with Gasteiger partial charge in [-0.05, 0) is 50.5 Å². The van der Waals surface area contributed by atoms with Crippen LogP contribution >= 0.6 is 11.6 Å². The number of nitrogens with one attached hydrogen (secondary N) is 1. The minimum absolute atomic E-state index is 0.152. The first kappa shape index (κ1) is 24.3. The largest absolute Gasteiger partial charge is 0.443 e. The van der Waals surface area contributed by atoms with Gasteiger partial charge in [0.05, 0.1) is 12.7 Å². The van der Waals surface area contributed by atoms with E-state index in [0.29, 0.717) is 17.2 Å². The van der Waals surface area contributed by atoms with Crippen LogP contribution in [0.3, 0.4) is 0 Å². The highest BCUT2D eigenvalue weighted by molar-refractivity contribution is 6.29. The zero-order chi connectivity index (χ0) is 24.3. The smallest absolute Gasteiger partial charge is 0.416 e. The van der Waals surface area contributed by atoms with Gasteiger partial charge >= 0.3 is 6.09 Å². The number of nitrogens with zero attached hydrogens (tertiary/aromatic N) is 4. The Bertz CT molecular complexity index is 1200. The van der Waals surface area contributed by atoms with Crippen LogP contribution in [0.15, 0.2) is 49.2 Å². The molecule has 0 atom stereocenters. The van der Waals surface area contributed by atoms with Crippen molar-refractivity contribution < 1.29 is 14.3 Å². The Morgan fingerprint density at radius 1 is 1.30 bits per heavy atom. The Morgan fingerprint density at radius 3 is 2.67 bits per heavy atom. The Balaban J connectivity index is 2.09. The number of carbonyl (C=O) groups is 2. The summed E-state index contributed by atoms with van der Waals surface area (Å²) in [6.07, 6.45) is 2.36. The summed E-state index contributed by atoms with van der Waals surface area (Å²) in [5, 5.41) is 7.43. The molecule has 9 heteroatoms. The predicted octanol–water partition coefficient (Wildman–Crippen LogP) is 5.57. The fourth-order valence-electron chi connectivity index (χ4n) is 3.21. The van der Waals surface area contributed by atoms with E-state index in [2.05, 4.69) is 22.0 Å². The van der Waals surface area contributed by atoms with Gasteiger partial charge in [0.25, 0.3) is 0 Å². The number of anilines is 2. The van der Waals surface area contributed by atoms with Crippen LogP contribution in [0, 0.1) is 0 Å². The van der Waals surface area contributed by atoms with Crippen LogP contribution in [0.4, 0.5) is 16.3 Å². The van der Waals surface area contributed by atoms with Gasteiger partial charge in [0, 0.05) is 17.3 Å². The molecule has 2 amide bonds. The maximum Gasteiger partial charge on any atom is 0.416 e. The number of halogens is 1. The zero-order valence-corrected chi connectivity index (χ0v) is 20.2. The maximum atomic E-state index is 13.3. The number of hydrogen-bond acceptors (Lipinski definition) is 5. The van der Waals surface area contributed by atoms with Crippen molar-refractivity contribution in [2.24, 2.45) is 0 Å². The molecule has 1 N–H and O–H groups in total. The maximum absolute atomic E-state index is 13.3. The normalized spacial score (nSPS) is 11.5. The highest BCUT2D eigenvalue weighted by Crippen LogP contribution is 2.28. The van der Waals surface area contributed by atoms with E-state index in [1.807, 2.05) is 19.9 Å². The average Bonchev–Trinajstić information content (AvgIpc) is 3.14. The van der Waals surface area contributed by atoms with Crippen LogP contribution in [0.2, 0.25) is 5.15 Å². The summed E-state index contributed by atoms with van der Waals surface area (Å²) in [7, 11) is 0. The summed E-state index contributed by atoms with van der Waals surface area (Å²) >= 11 is 6.35. The summed E-state index contributed by atoms with van der Waals surface area (Å²) in [5.41, 5.74) is 2.13. The van der Waals surface area contributed by atoms with E-state index in [1.54, 1.807) is 55.7 Å². The summed E-state index contributed by atoms with van der Waals surface area (Å²) in [5.74, 6) is 0.268. The molecule has 0 saturated heterocycles. The van der Waals surface area contributed by atoms with Gasteiger partial charge in [-0.2, -0.15) is 9.61 Å². The van der Waals surface area contributed by atoms with Crippen molar-refractivity contribution in [3.8, 4) is 0 Å². The lowest BCUT2D eigenvalue weighted by molar-refractivity contribution is -0.111. The molecule has 0 aliphatic rings. The van der Waals surface area contributed by atoms with E-state index in [4.69, 9.17) is 16.3 Å². The van der Waals surface area contributed by atoms with Crippen molar-refractivity contribution in [1.29, 1.82) is 0 Å². The lowest BCUT2D eigenvalue weighted by atomic mass is 10.1. The Labute approximate surface area is 198 Å². The van der Waals surface area contributed by atoms with Crippen molar-refractivity contribution in [1.82, 2.24) is 14.6 Å². The van der Waals surface area contributed by atoms with E-state index in [-0.39, 0.29) is 23.5 Å². The molecule has 2 heterocycles. The van der Waals surface area contributed by atoms with E-state index in [9.17, 15) is 9.59 Å². The van der Waals surface area contributed by atoms with E-state index >= 15 is 0 Å². The van der Waals surface area contributed by atoms with Crippen LogP contribution in [0.5, 0.6) is 0 Å². The van der Waals surface area contributed by atoms with Crippen LogP contribution in [0.25, 0.3) is 5.65 Å². The van der Waals surface area contributed by atoms with Gasteiger partial charge in [0.15, 0.2) is 5.65 Å². The number of carbonyl (C=O) groups excluding carboxylic acids is 2. The van der Waals surface area contributed by atoms with Crippen LogP contribution in [-0.2, 0) is 16.1 Å². The third-order valence-electron chi connectivity index (χ3n) is 4.68. The highest BCUT2D eigenvalue weighted by Gasteiger charge is 2.27. The molecule has 8 nitrogen and oxygen atoms in total. The number of ether oxygens (including phenoxy) is 1. The lowest BCUT2D eigenvalue weighted by Gasteiger charge is -2.28. The summed E-state index contributed by atoms with van der Waals surface area (Å²) < 4.78 is 7.27. The molecule has 33 heavy (non-hydrogen) atoms. The molecule has 0 spiro atoms. The van der Waals surface area contributed by atoms with Crippen molar-refractivity contribution in [2.45, 2.75) is 52.7 Å². The van der Waals surface area contributed by atoms with Crippen LogP contribution in [-0.4, -0.2) is 32.2 Å². The first-order chi connectivity index (χ1) is 15.5. The average molecular weight is 470 g/mol. The topological polar surface area (TPSA) is 88.8 Å². The second-order valence-corrected chi connectivity index (χ2v) is 9.27. The number of rotatable bonds is 6. The molecule has 0 saturated carbocycles. The van der Waals surface area contributed by atoms with Gasteiger partial charge in [-0.3, -0.25) is 9.69 Å². The van der Waals surface area contributed by atoms with Gasteiger partial charge in [0.2, 0.25) is 5.91 Å². The molecule has 2 aromatic heterocycles. The van der Waals surface area contributed by atoms with E-state index < -0.39 is 11.7 Å². The Morgan fingerprint density at radius 2 is 2.03 bits per heavy atom. The highest BCUT2D eigenvalue weighted by atomic mass is 35.5. The molecule has 0 fully saturated rings. The predicted molar refractivity (Wildman–Crippen MR) is 130 cm³/mol. The van der Waals surface area contributed by atoms with Crippen molar-refractivity contribution in [3.05, 3.63) is 65.5 Å². The number of amides is 2. The fourth-order valence-corrected chi connectivity index (χ4v) is 3.39. The van der Waals surface area contributed by atoms with Gasteiger partial charge in [-0.15, -0.1) is 0 Å². The van der Waals surface area contributed by atoms with Gasteiger partial charge in [-0.25, -0.2) is 9.78 Å². The zero-order valence-electron chi connectivity index (χ0n) is 19.4. The molecular weight excluding hydrogens is 442 g/mol. The van der Waals surface area contributed by atoms with Crippen LogP contribution in [0.1, 0.15) is 51.7 Å². The number of benzene rings is 1. The SMILES string of the molecule is C=CC(=O)Nc1cccc(CN(C(=O)OC(C)(C)C)c2cc(Cl)nc3c(C(C)C)cnn23)c1. The molecule has 3 aromatic rings. The third kappa shape index (κ3) is 5.90. The molecule has 3 rings (SSSR count). The van der Waals surface area contributed by atoms with Gasteiger partial charge < -0.3 is 10.1 Å². The fraction of sp³-hybridized carbons (Fsp3) is 0.333. The number of fused-ring (bicyclic) bond motifs is 1. The molecule has 0 aliphatic carbocycles.